The molecule has 1 aliphatic rings. The van der Waals surface area contributed by atoms with Crippen LogP contribution in [0.25, 0.3) is 0 Å². The number of methoxy groups -OCH3 is 1. The highest BCUT2D eigenvalue weighted by Gasteiger charge is 2.32. The lowest BCUT2D eigenvalue weighted by molar-refractivity contribution is -0.107. The number of carbonyl (C=O) groups is 2. The van der Waals surface area contributed by atoms with Crippen LogP contribution in [0.2, 0.25) is 0 Å². The fourth-order valence-corrected chi connectivity index (χ4v) is 2.07. The minimum Gasteiger partial charge on any atom is -0.496 e. The summed E-state index contributed by atoms with van der Waals surface area (Å²) in [5.41, 5.74) is 0.403. The van der Waals surface area contributed by atoms with E-state index in [9.17, 15) is 9.59 Å². The number of thioether (sulfide) groups is 1. The first-order chi connectivity index (χ1) is 6.24. The van der Waals surface area contributed by atoms with E-state index >= 15 is 0 Å². The zero-order valence-corrected chi connectivity index (χ0v) is 7.68. The number of hydrogen-bond donors (Lipinski definition) is 0. The molecule has 2 rings (SSSR count). The highest BCUT2D eigenvalue weighted by molar-refractivity contribution is 8.16. The van der Waals surface area contributed by atoms with Gasteiger partial charge in [0.05, 0.1) is 12.7 Å². The van der Waals surface area contributed by atoms with Crippen molar-refractivity contribution in [2.24, 2.45) is 0 Å². The van der Waals surface area contributed by atoms with Crippen LogP contribution >= 0.6 is 11.8 Å². The summed E-state index contributed by atoms with van der Waals surface area (Å²) in [6.07, 6.45) is 0. The standard InChI is InChI=1S/C9H6O3S/c1-12-5-3-2-4-6-7(5)8(10)9(11)13-6/h2-4H,1H3. The van der Waals surface area contributed by atoms with Crippen molar-refractivity contribution in [1.29, 1.82) is 0 Å². The molecule has 0 radical (unpaired) electrons. The smallest absolute Gasteiger partial charge is 0.264 e. The number of carbonyl (C=O) groups excluding carboxylic acids is 2. The molecule has 4 heteroatoms. The number of rotatable bonds is 1. The van der Waals surface area contributed by atoms with Crippen LogP contribution in [0.1, 0.15) is 10.4 Å². The Labute approximate surface area is 79.1 Å². The Morgan fingerprint density at radius 2 is 2.08 bits per heavy atom. The van der Waals surface area contributed by atoms with Crippen LogP contribution in [-0.2, 0) is 4.79 Å². The van der Waals surface area contributed by atoms with Crippen LogP contribution in [0.4, 0.5) is 0 Å². The Kier molecular flexibility index (Phi) is 1.84. The van der Waals surface area contributed by atoms with Crippen molar-refractivity contribution in [3.05, 3.63) is 23.8 Å². The Hall–Kier alpha value is -1.29. The Morgan fingerprint density at radius 1 is 1.31 bits per heavy atom. The molecule has 0 bridgehead atoms. The molecule has 0 fully saturated rings. The minimum atomic E-state index is -0.461. The molecule has 0 saturated heterocycles. The summed E-state index contributed by atoms with van der Waals surface area (Å²) in [4.78, 5) is 23.1. The molecule has 1 heterocycles. The summed E-state index contributed by atoms with van der Waals surface area (Å²) in [6, 6.07) is 5.18. The second kappa shape index (κ2) is 2.88. The van der Waals surface area contributed by atoms with E-state index in [1.54, 1.807) is 18.2 Å². The Morgan fingerprint density at radius 3 is 2.77 bits per heavy atom. The van der Waals surface area contributed by atoms with E-state index in [0.29, 0.717) is 16.2 Å². The fraction of sp³-hybridized carbons (Fsp3) is 0.111. The van der Waals surface area contributed by atoms with Crippen molar-refractivity contribution >= 4 is 22.7 Å². The maximum atomic E-state index is 11.3. The highest BCUT2D eigenvalue weighted by Crippen LogP contribution is 2.37. The second-order valence-corrected chi connectivity index (χ2v) is 3.57. The number of hydrogen-bond acceptors (Lipinski definition) is 4. The van der Waals surface area contributed by atoms with Gasteiger partial charge in [-0.1, -0.05) is 6.07 Å². The van der Waals surface area contributed by atoms with Gasteiger partial charge in [0, 0.05) is 4.90 Å². The molecule has 0 amide bonds. The molecule has 13 heavy (non-hydrogen) atoms. The van der Waals surface area contributed by atoms with Gasteiger partial charge in [0.1, 0.15) is 5.75 Å². The van der Waals surface area contributed by atoms with Crippen molar-refractivity contribution < 1.29 is 14.3 Å². The van der Waals surface area contributed by atoms with Gasteiger partial charge in [0.25, 0.3) is 5.12 Å². The Bertz CT molecular complexity index is 398. The van der Waals surface area contributed by atoms with E-state index in [0.717, 1.165) is 11.8 Å². The van der Waals surface area contributed by atoms with Crippen LogP contribution in [0.15, 0.2) is 23.1 Å². The van der Waals surface area contributed by atoms with E-state index in [-0.39, 0.29) is 0 Å². The van der Waals surface area contributed by atoms with Crippen LogP contribution in [0, 0.1) is 0 Å². The van der Waals surface area contributed by atoms with Crippen LogP contribution in [-0.4, -0.2) is 18.0 Å². The number of Topliss-reactive ketones (excluding diaryl/α,β-unsaturated/α-hetero) is 1. The van der Waals surface area contributed by atoms with Gasteiger partial charge in [-0.3, -0.25) is 9.59 Å². The largest absolute Gasteiger partial charge is 0.496 e. The van der Waals surface area contributed by atoms with Crippen LogP contribution < -0.4 is 4.74 Å². The van der Waals surface area contributed by atoms with Crippen molar-refractivity contribution in [3.63, 3.8) is 0 Å². The molecule has 1 aromatic carbocycles. The number of ether oxygens (including phenoxy) is 1. The lowest BCUT2D eigenvalue weighted by Crippen LogP contribution is -2.04. The molecule has 1 aliphatic heterocycles. The summed E-state index contributed by atoms with van der Waals surface area (Å²) >= 11 is 0.960. The van der Waals surface area contributed by atoms with Gasteiger partial charge in [-0.05, 0) is 23.9 Å². The van der Waals surface area contributed by atoms with Gasteiger partial charge in [0.15, 0.2) is 0 Å². The summed E-state index contributed by atoms with van der Waals surface area (Å²) in [7, 11) is 1.48. The minimum absolute atomic E-state index is 0.403. The molecule has 0 atom stereocenters. The SMILES string of the molecule is COc1cccc2c1C(=O)C(=O)S2. The molecule has 0 unspecified atom stereocenters. The van der Waals surface area contributed by atoms with E-state index in [4.69, 9.17) is 4.74 Å². The number of fused-ring (bicyclic) bond motifs is 1. The van der Waals surface area contributed by atoms with Crippen molar-refractivity contribution in [2.75, 3.05) is 7.11 Å². The van der Waals surface area contributed by atoms with E-state index < -0.39 is 10.9 Å². The van der Waals surface area contributed by atoms with Gasteiger partial charge in [-0.15, -0.1) is 0 Å². The molecule has 3 nitrogen and oxygen atoms in total. The third-order valence-electron chi connectivity index (χ3n) is 1.82. The highest BCUT2D eigenvalue weighted by atomic mass is 32.2. The monoisotopic (exact) mass is 194 g/mol. The van der Waals surface area contributed by atoms with Crippen molar-refractivity contribution in [3.8, 4) is 5.75 Å². The zero-order valence-electron chi connectivity index (χ0n) is 6.87. The maximum absolute atomic E-state index is 11.3. The predicted molar refractivity (Wildman–Crippen MR) is 48.2 cm³/mol. The molecule has 0 N–H and O–H groups in total. The average molecular weight is 194 g/mol. The van der Waals surface area contributed by atoms with Gasteiger partial charge < -0.3 is 4.74 Å². The topological polar surface area (TPSA) is 43.4 Å². The normalized spacial score (nSPS) is 14.5. The quantitative estimate of drug-likeness (QED) is 0.635. The molecule has 0 aromatic heterocycles. The molecule has 0 spiro atoms. The first kappa shape index (κ1) is 8.31. The maximum Gasteiger partial charge on any atom is 0.264 e. The Balaban J connectivity index is 2.64. The van der Waals surface area contributed by atoms with Crippen LogP contribution in [0.5, 0.6) is 5.75 Å². The van der Waals surface area contributed by atoms with Gasteiger partial charge in [0.2, 0.25) is 5.78 Å². The molecule has 0 saturated carbocycles. The number of benzene rings is 1. The van der Waals surface area contributed by atoms with E-state index in [1.807, 2.05) is 0 Å². The van der Waals surface area contributed by atoms with Crippen LogP contribution in [0.3, 0.4) is 0 Å². The van der Waals surface area contributed by atoms with Crippen molar-refractivity contribution in [1.82, 2.24) is 0 Å². The first-order valence-electron chi connectivity index (χ1n) is 3.67. The number of ketones is 1. The first-order valence-corrected chi connectivity index (χ1v) is 4.49. The second-order valence-electron chi connectivity index (χ2n) is 2.55. The van der Waals surface area contributed by atoms with Gasteiger partial charge in [-0.25, -0.2) is 0 Å². The molecular formula is C9H6O3S. The average Bonchev–Trinajstić information content (AvgIpc) is 2.43. The third kappa shape index (κ3) is 1.14. The third-order valence-corrected chi connectivity index (χ3v) is 2.75. The zero-order chi connectivity index (χ0) is 9.42. The van der Waals surface area contributed by atoms with Gasteiger partial charge in [-0.2, -0.15) is 0 Å². The summed E-state index contributed by atoms with van der Waals surface area (Å²) in [6.45, 7) is 0. The predicted octanol–water partition coefficient (Wildman–Crippen LogP) is 1.51. The summed E-state index contributed by atoms with van der Waals surface area (Å²) < 4.78 is 4.99. The molecule has 1 aromatic rings. The molecule has 66 valence electrons. The van der Waals surface area contributed by atoms with E-state index in [2.05, 4.69) is 0 Å². The van der Waals surface area contributed by atoms with Crippen molar-refractivity contribution in [2.45, 2.75) is 4.90 Å². The molecular weight excluding hydrogens is 188 g/mol. The summed E-state index contributed by atoms with van der Waals surface area (Å²) in [5, 5.41) is -0.431. The lowest BCUT2D eigenvalue weighted by Gasteiger charge is -2.02. The lowest BCUT2D eigenvalue weighted by atomic mass is 10.1. The summed E-state index contributed by atoms with van der Waals surface area (Å²) in [5.74, 6) is 0.0123. The fourth-order valence-electron chi connectivity index (χ4n) is 1.24. The van der Waals surface area contributed by atoms with E-state index in [1.165, 1.54) is 7.11 Å². The molecule has 0 aliphatic carbocycles. The van der Waals surface area contributed by atoms with Gasteiger partial charge >= 0.3 is 0 Å².